The van der Waals surface area contributed by atoms with E-state index in [0.29, 0.717) is 0 Å². The molecule has 7 aromatic rings. The van der Waals surface area contributed by atoms with Crippen LogP contribution in [0.4, 0.5) is 22.7 Å². The van der Waals surface area contributed by atoms with Crippen LogP contribution in [0.15, 0.2) is 140 Å². The van der Waals surface area contributed by atoms with Gasteiger partial charge in [0.15, 0.2) is 0 Å². The van der Waals surface area contributed by atoms with Gasteiger partial charge in [0.05, 0.1) is 5.52 Å². The molecule has 0 saturated heterocycles. The first-order valence-electron chi connectivity index (χ1n) is 19.8. The number of aryl methyl sites for hydroxylation is 1. The van der Waals surface area contributed by atoms with Crippen molar-refractivity contribution in [2.45, 2.75) is 45.6 Å². The number of fused-ring (bicyclic) bond motifs is 7. The second-order valence-corrected chi connectivity index (χ2v) is 19.7. The van der Waals surface area contributed by atoms with E-state index < -0.39 is 8.07 Å². The van der Waals surface area contributed by atoms with E-state index in [-0.39, 0.29) is 6.71 Å². The van der Waals surface area contributed by atoms with Gasteiger partial charge in [0.1, 0.15) is 8.07 Å². The lowest BCUT2D eigenvalue weighted by atomic mass is 9.34. The average molecular weight is 716 g/mol. The van der Waals surface area contributed by atoms with Gasteiger partial charge in [-0.15, -0.1) is 0 Å². The summed E-state index contributed by atoms with van der Waals surface area (Å²) in [7, 11) is 1.61. The largest absolute Gasteiger partial charge is 0.378 e. The maximum absolute atomic E-state index is 2.72. The van der Waals surface area contributed by atoms with Crippen LogP contribution < -0.4 is 41.7 Å². The van der Waals surface area contributed by atoms with E-state index in [4.69, 9.17) is 0 Å². The molecule has 1 unspecified atom stereocenters. The minimum absolute atomic E-state index is 0.101. The monoisotopic (exact) mass is 715 g/mol. The molecular weight excluding hydrogens is 669 g/mol. The van der Waals surface area contributed by atoms with Crippen LogP contribution in [0.25, 0.3) is 22.7 Å². The highest BCUT2D eigenvalue weighted by molar-refractivity contribution is 7.21. The Labute approximate surface area is 321 Å². The number of anilines is 4. The van der Waals surface area contributed by atoms with Crippen molar-refractivity contribution in [1.82, 2.24) is 4.57 Å². The smallest absolute Gasteiger partial charge is 0.246 e. The van der Waals surface area contributed by atoms with Gasteiger partial charge < -0.3 is 14.4 Å². The van der Waals surface area contributed by atoms with Gasteiger partial charge in [0.2, 0.25) is 6.71 Å². The molecule has 2 aliphatic heterocycles. The molecule has 6 aromatic carbocycles. The van der Waals surface area contributed by atoms with Crippen LogP contribution >= 0.6 is 0 Å². The number of rotatable bonds is 6. The number of aromatic nitrogens is 1. The number of nitrogens with zero attached hydrogens (tertiary/aromatic N) is 3. The first-order valence-corrected chi connectivity index (χ1v) is 22.0. The summed E-state index contributed by atoms with van der Waals surface area (Å²) in [6.07, 6.45) is 9.31. The summed E-state index contributed by atoms with van der Waals surface area (Å²) in [6, 6.07) is 52.5. The molecular formula is C49H46BN3Si. The Morgan fingerprint density at radius 2 is 1.48 bits per heavy atom. The molecule has 1 atom stereocenters. The van der Waals surface area contributed by atoms with Crippen molar-refractivity contribution in [1.29, 1.82) is 0 Å². The third-order valence-corrected chi connectivity index (χ3v) is 17.8. The Kier molecular flexibility index (Phi) is 7.85. The molecule has 264 valence electrons. The average Bonchev–Trinajstić information content (AvgIpc) is 3.55. The van der Waals surface area contributed by atoms with Gasteiger partial charge in [-0.1, -0.05) is 121 Å². The highest BCUT2D eigenvalue weighted by atomic mass is 28.3. The van der Waals surface area contributed by atoms with Crippen LogP contribution in [-0.2, 0) is 12.8 Å². The van der Waals surface area contributed by atoms with E-state index in [0.717, 1.165) is 18.9 Å². The summed E-state index contributed by atoms with van der Waals surface area (Å²) in [6.45, 7) is 4.73. The fourth-order valence-corrected chi connectivity index (χ4v) is 15.7. The van der Waals surface area contributed by atoms with E-state index in [1.165, 1.54) is 85.0 Å². The molecule has 5 heteroatoms. The molecule has 0 bridgehead atoms. The molecule has 1 aromatic heterocycles. The normalized spacial score (nSPS) is 17.0. The SMILES string of the molecule is C/C=C/c1cc2c3c(c1)[Si](CC)(c1ccccc1)c1c(cccc1-n1c4c(c5ccccc51)CCCC4)B3c1ccc(N(C)C)cc1N2c1ccccc1. The van der Waals surface area contributed by atoms with Crippen LogP contribution in [-0.4, -0.2) is 33.4 Å². The predicted molar refractivity (Wildman–Crippen MR) is 236 cm³/mol. The maximum Gasteiger partial charge on any atom is 0.246 e. The Bertz CT molecular complexity index is 2610. The molecule has 0 radical (unpaired) electrons. The van der Waals surface area contributed by atoms with Crippen molar-refractivity contribution in [3.05, 3.63) is 156 Å². The van der Waals surface area contributed by atoms with E-state index in [9.17, 15) is 0 Å². The van der Waals surface area contributed by atoms with Crippen molar-refractivity contribution in [3.8, 4) is 5.69 Å². The van der Waals surface area contributed by atoms with Gasteiger partial charge in [-0.05, 0) is 114 Å². The third-order valence-electron chi connectivity index (χ3n) is 12.7. The third kappa shape index (κ3) is 4.67. The molecule has 3 heterocycles. The first kappa shape index (κ1) is 33.1. The molecule has 3 aliphatic rings. The van der Waals surface area contributed by atoms with Gasteiger partial charge in [-0.25, -0.2) is 0 Å². The Balaban J connectivity index is 1.39. The van der Waals surface area contributed by atoms with Gasteiger partial charge in [0.25, 0.3) is 0 Å². The van der Waals surface area contributed by atoms with E-state index in [2.05, 4.69) is 188 Å². The lowest BCUT2D eigenvalue weighted by Crippen LogP contribution is -2.83. The standard InChI is InChI=1S/C49H46BN3Si/c1-5-18-34-31-46-48-47(32-34)54(6-2,37-21-11-8-12-22-37)49-41(25-17-28-44(49)53-42-26-15-13-23-38(42)39-24-14-16-27-43(39)53)50(48)40-30-29-36(51(3)4)33-45(40)52(46)35-19-9-7-10-20-35/h5,7-13,15,17-23,25-26,28-33H,6,14,16,24,27H2,1-4H3/b18-5+. The van der Waals surface area contributed by atoms with Gasteiger partial charge >= 0.3 is 0 Å². The summed E-state index contributed by atoms with van der Waals surface area (Å²) in [4.78, 5) is 4.80. The lowest BCUT2D eigenvalue weighted by molar-refractivity contribution is 0.667. The van der Waals surface area contributed by atoms with Gasteiger partial charge in [0, 0.05) is 53.6 Å². The first-order chi connectivity index (χ1) is 26.5. The van der Waals surface area contributed by atoms with Crippen LogP contribution in [0.2, 0.25) is 6.04 Å². The topological polar surface area (TPSA) is 11.4 Å². The number of hydrogen-bond donors (Lipinski definition) is 0. The van der Waals surface area contributed by atoms with Crippen molar-refractivity contribution in [3.63, 3.8) is 0 Å². The van der Waals surface area contributed by atoms with Crippen molar-refractivity contribution >= 4 is 86.5 Å². The van der Waals surface area contributed by atoms with Crippen LogP contribution in [0.3, 0.4) is 0 Å². The van der Waals surface area contributed by atoms with E-state index in [1.807, 2.05) is 0 Å². The minimum Gasteiger partial charge on any atom is -0.378 e. The van der Waals surface area contributed by atoms with Gasteiger partial charge in [-0.2, -0.15) is 0 Å². The zero-order valence-corrected chi connectivity index (χ0v) is 32.8. The van der Waals surface area contributed by atoms with Crippen LogP contribution in [0.1, 0.15) is 43.5 Å². The number of benzene rings is 6. The zero-order chi connectivity index (χ0) is 36.6. The molecule has 0 fully saturated rings. The number of hydrogen-bond acceptors (Lipinski definition) is 2. The highest BCUT2D eigenvalue weighted by Crippen LogP contribution is 2.40. The Morgan fingerprint density at radius 3 is 2.26 bits per heavy atom. The summed E-state index contributed by atoms with van der Waals surface area (Å²) in [5, 5.41) is 6.06. The molecule has 0 spiro atoms. The molecule has 3 nitrogen and oxygen atoms in total. The quantitative estimate of drug-likeness (QED) is 0.164. The maximum atomic E-state index is 2.72. The molecule has 0 saturated carbocycles. The van der Waals surface area contributed by atoms with Crippen molar-refractivity contribution < 1.29 is 0 Å². The summed E-state index contributed by atoms with van der Waals surface area (Å²) in [5.41, 5.74) is 16.4. The van der Waals surface area contributed by atoms with Crippen molar-refractivity contribution in [2.24, 2.45) is 0 Å². The van der Waals surface area contributed by atoms with Crippen molar-refractivity contribution in [2.75, 3.05) is 23.9 Å². The van der Waals surface area contributed by atoms with Crippen LogP contribution in [0.5, 0.6) is 0 Å². The fraction of sp³-hybridized carbons (Fsp3) is 0.184. The highest BCUT2D eigenvalue weighted by Gasteiger charge is 2.52. The van der Waals surface area contributed by atoms with Gasteiger partial charge in [-0.3, -0.25) is 0 Å². The number of allylic oxidation sites excluding steroid dienone is 1. The second kappa shape index (κ2) is 12.8. The van der Waals surface area contributed by atoms with E-state index in [1.54, 1.807) is 15.9 Å². The summed E-state index contributed by atoms with van der Waals surface area (Å²) < 4.78 is 2.72. The predicted octanol–water partition coefficient (Wildman–Crippen LogP) is 7.71. The van der Waals surface area contributed by atoms with E-state index >= 15 is 0 Å². The Hall–Kier alpha value is -5.52. The fourth-order valence-electron chi connectivity index (χ4n) is 10.4. The van der Waals surface area contributed by atoms with Crippen LogP contribution in [0, 0.1) is 0 Å². The lowest BCUT2D eigenvalue weighted by Gasteiger charge is -2.48. The minimum atomic E-state index is -2.69. The summed E-state index contributed by atoms with van der Waals surface area (Å²) in [5.74, 6) is 0. The molecule has 10 rings (SSSR count). The molecule has 0 amide bonds. The number of para-hydroxylation sites is 2. The molecule has 54 heavy (non-hydrogen) atoms. The molecule has 0 N–H and O–H groups in total. The zero-order valence-electron chi connectivity index (χ0n) is 31.8. The molecule has 1 aliphatic carbocycles. The second-order valence-electron chi connectivity index (χ2n) is 15.6. The summed E-state index contributed by atoms with van der Waals surface area (Å²) >= 11 is 0. The Morgan fingerprint density at radius 1 is 0.722 bits per heavy atom.